The molecule has 0 saturated heterocycles. The molecule has 3 aromatic carbocycles. The summed E-state index contributed by atoms with van der Waals surface area (Å²) < 4.78 is 5.41. The van der Waals surface area contributed by atoms with Gasteiger partial charge in [0.1, 0.15) is 0 Å². The predicted octanol–water partition coefficient (Wildman–Crippen LogP) is 5.28. The van der Waals surface area contributed by atoms with Gasteiger partial charge in [0.2, 0.25) is 0 Å². The highest BCUT2D eigenvalue weighted by molar-refractivity contribution is 5.78. The maximum Gasteiger partial charge on any atom is 0.313 e. The van der Waals surface area contributed by atoms with Gasteiger partial charge < -0.3 is 9.84 Å². The van der Waals surface area contributed by atoms with E-state index in [-0.39, 0.29) is 18.3 Å². The van der Waals surface area contributed by atoms with Crippen LogP contribution in [0.4, 0.5) is 0 Å². The van der Waals surface area contributed by atoms with Crippen LogP contribution in [0, 0.1) is 0 Å². The van der Waals surface area contributed by atoms with E-state index >= 15 is 0 Å². The average molecular weight is 405 g/mol. The lowest BCUT2D eigenvalue weighted by Gasteiger charge is -2.14. The molecule has 0 heterocycles. The minimum absolute atomic E-state index is 0.112. The number of hydrogen-bond acceptors (Lipinski definition) is 3. The summed E-state index contributed by atoms with van der Waals surface area (Å²) in [6, 6.07) is 29.0. The third kappa shape index (κ3) is 8.31. The molecule has 0 aromatic heterocycles. The van der Waals surface area contributed by atoms with Crippen LogP contribution in [0.3, 0.4) is 0 Å². The normalized spacial score (nSPS) is 11.0. The largest absolute Gasteiger partial charge is 0.481 e. The lowest BCUT2D eigenvalue weighted by Crippen LogP contribution is -2.16. The molecule has 0 bridgehead atoms. The van der Waals surface area contributed by atoms with Gasteiger partial charge in [0.05, 0.1) is 18.9 Å². The Morgan fingerprint density at radius 2 is 1.30 bits per heavy atom. The van der Waals surface area contributed by atoms with Gasteiger partial charge in [-0.2, -0.15) is 0 Å². The molecule has 0 amide bonds. The second-order valence-electron chi connectivity index (χ2n) is 6.83. The molecular weight excluding hydrogens is 376 g/mol. The van der Waals surface area contributed by atoms with Crippen LogP contribution in [-0.2, 0) is 27.2 Å². The third-order valence-electron chi connectivity index (χ3n) is 4.57. The summed E-state index contributed by atoms with van der Waals surface area (Å²) in [5.74, 6) is -1.08. The van der Waals surface area contributed by atoms with Crippen molar-refractivity contribution in [3.8, 4) is 0 Å². The van der Waals surface area contributed by atoms with Crippen molar-refractivity contribution in [3.63, 3.8) is 0 Å². The van der Waals surface area contributed by atoms with Gasteiger partial charge in [-0.1, -0.05) is 97.9 Å². The molecule has 156 valence electrons. The first-order valence-corrected chi connectivity index (χ1v) is 10.1. The number of carbonyl (C=O) groups excluding carboxylic acids is 1. The Labute approximate surface area is 178 Å². The second-order valence-corrected chi connectivity index (χ2v) is 6.83. The first-order chi connectivity index (χ1) is 14.6. The van der Waals surface area contributed by atoms with Crippen molar-refractivity contribution < 1.29 is 19.4 Å². The van der Waals surface area contributed by atoms with E-state index in [1.54, 1.807) is 12.1 Å². The summed E-state index contributed by atoms with van der Waals surface area (Å²) in [5, 5.41) is 8.37. The molecule has 3 rings (SSSR count). The van der Waals surface area contributed by atoms with Crippen LogP contribution in [0.25, 0.3) is 0 Å². The van der Waals surface area contributed by atoms with Crippen LogP contribution in [0.2, 0.25) is 0 Å². The molecule has 1 unspecified atom stereocenters. The van der Waals surface area contributed by atoms with Gasteiger partial charge in [-0.3, -0.25) is 9.59 Å². The Kier molecular flexibility index (Phi) is 9.87. The zero-order valence-corrected chi connectivity index (χ0v) is 17.2. The number of carbonyl (C=O) groups is 2. The van der Waals surface area contributed by atoms with Gasteiger partial charge >= 0.3 is 11.9 Å². The highest BCUT2D eigenvalue weighted by atomic mass is 16.5. The standard InChI is InChI=1S/C18H20O2.C8H8O2/c1-2-17(16-11-7-4-8-12-16)18(19)20-14-13-15-9-5-3-6-10-15;9-8(10)6-7-4-2-1-3-5-7/h3-12,17H,2,13-14H2,1H3;1-5H,6H2,(H,9,10). The van der Waals surface area contributed by atoms with Crippen molar-refractivity contribution in [1.29, 1.82) is 0 Å². The minimum Gasteiger partial charge on any atom is -0.481 e. The lowest BCUT2D eigenvalue weighted by molar-refractivity contribution is -0.145. The average Bonchev–Trinajstić information content (AvgIpc) is 2.76. The maximum atomic E-state index is 12.1. The van der Waals surface area contributed by atoms with Crippen molar-refractivity contribution in [2.75, 3.05) is 6.61 Å². The van der Waals surface area contributed by atoms with E-state index in [1.807, 2.05) is 85.8 Å². The number of ether oxygens (including phenoxy) is 1. The fraction of sp³-hybridized carbons (Fsp3) is 0.231. The molecule has 30 heavy (non-hydrogen) atoms. The van der Waals surface area contributed by atoms with Gasteiger partial charge in [-0.15, -0.1) is 0 Å². The third-order valence-corrected chi connectivity index (χ3v) is 4.57. The Morgan fingerprint density at radius 3 is 1.80 bits per heavy atom. The Hall–Kier alpha value is -3.40. The molecule has 0 aliphatic heterocycles. The number of rotatable bonds is 8. The zero-order chi connectivity index (χ0) is 21.6. The molecule has 4 heteroatoms. The van der Waals surface area contributed by atoms with Crippen LogP contribution in [0.15, 0.2) is 91.0 Å². The number of esters is 1. The number of hydrogen-bond donors (Lipinski definition) is 1. The van der Waals surface area contributed by atoms with Gasteiger partial charge in [0, 0.05) is 6.42 Å². The van der Waals surface area contributed by atoms with Crippen molar-refractivity contribution in [2.24, 2.45) is 0 Å². The Morgan fingerprint density at radius 1 is 0.800 bits per heavy atom. The quantitative estimate of drug-likeness (QED) is 0.519. The Balaban J connectivity index is 0.000000269. The summed E-state index contributed by atoms with van der Waals surface area (Å²) in [5.41, 5.74) is 3.06. The van der Waals surface area contributed by atoms with E-state index in [0.29, 0.717) is 6.61 Å². The predicted molar refractivity (Wildman–Crippen MR) is 118 cm³/mol. The molecule has 0 radical (unpaired) electrons. The molecule has 0 aliphatic carbocycles. The molecule has 0 aliphatic rings. The van der Waals surface area contributed by atoms with Crippen LogP contribution in [-0.4, -0.2) is 23.7 Å². The number of aliphatic carboxylic acids is 1. The fourth-order valence-corrected chi connectivity index (χ4v) is 3.01. The Bertz CT molecular complexity index is 877. The molecule has 1 N–H and O–H groups in total. The summed E-state index contributed by atoms with van der Waals surface area (Å²) >= 11 is 0. The lowest BCUT2D eigenvalue weighted by atomic mass is 9.97. The molecular formula is C26H28O4. The van der Waals surface area contributed by atoms with E-state index in [0.717, 1.165) is 24.0 Å². The van der Waals surface area contributed by atoms with E-state index < -0.39 is 5.97 Å². The molecule has 1 atom stereocenters. The van der Waals surface area contributed by atoms with E-state index in [2.05, 4.69) is 0 Å². The highest BCUT2D eigenvalue weighted by Crippen LogP contribution is 2.20. The first-order valence-electron chi connectivity index (χ1n) is 10.1. The van der Waals surface area contributed by atoms with Gasteiger partial charge in [-0.05, 0) is 23.1 Å². The number of carboxylic acids is 1. The van der Waals surface area contributed by atoms with Gasteiger partial charge in [-0.25, -0.2) is 0 Å². The van der Waals surface area contributed by atoms with Crippen molar-refractivity contribution >= 4 is 11.9 Å². The molecule has 0 spiro atoms. The van der Waals surface area contributed by atoms with Crippen LogP contribution in [0.1, 0.15) is 36.0 Å². The van der Waals surface area contributed by atoms with Crippen molar-refractivity contribution in [3.05, 3.63) is 108 Å². The zero-order valence-electron chi connectivity index (χ0n) is 17.2. The highest BCUT2D eigenvalue weighted by Gasteiger charge is 2.19. The summed E-state index contributed by atoms with van der Waals surface area (Å²) in [4.78, 5) is 22.3. The van der Waals surface area contributed by atoms with E-state index in [9.17, 15) is 9.59 Å². The number of carboxylic acid groups (broad SMARTS) is 1. The monoisotopic (exact) mass is 404 g/mol. The summed E-state index contributed by atoms with van der Waals surface area (Å²) in [6.45, 7) is 2.45. The molecule has 4 nitrogen and oxygen atoms in total. The van der Waals surface area contributed by atoms with Crippen molar-refractivity contribution in [1.82, 2.24) is 0 Å². The van der Waals surface area contributed by atoms with E-state index in [1.165, 1.54) is 5.56 Å². The molecule has 3 aromatic rings. The van der Waals surface area contributed by atoms with Gasteiger partial charge in [0.25, 0.3) is 0 Å². The van der Waals surface area contributed by atoms with Crippen LogP contribution in [0.5, 0.6) is 0 Å². The molecule has 0 saturated carbocycles. The van der Waals surface area contributed by atoms with Crippen molar-refractivity contribution in [2.45, 2.75) is 32.1 Å². The first kappa shape index (κ1) is 22.9. The minimum atomic E-state index is -0.786. The fourth-order valence-electron chi connectivity index (χ4n) is 3.01. The topological polar surface area (TPSA) is 63.6 Å². The maximum absolute atomic E-state index is 12.1. The smallest absolute Gasteiger partial charge is 0.313 e. The van der Waals surface area contributed by atoms with Gasteiger partial charge in [0.15, 0.2) is 0 Å². The summed E-state index contributed by atoms with van der Waals surface area (Å²) in [6.07, 6.45) is 1.63. The second kappa shape index (κ2) is 12.9. The van der Waals surface area contributed by atoms with Crippen LogP contribution < -0.4 is 0 Å². The molecule has 0 fully saturated rings. The SMILES string of the molecule is CCC(C(=O)OCCc1ccccc1)c1ccccc1.O=C(O)Cc1ccccc1. The van der Waals surface area contributed by atoms with E-state index in [4.69, 9.17) is 9.84 Å². The number of benzene rings is 3. The van der Waals surface area contributed by atoms with Crippen LogP contribution >= 0.6 is 0 Å². The summed E-state index contributed by atoms with van der Waals surface area (Å²) in [7, 11) is 0.